The number of hydrogen-bond acceptors (Lipinski definition) is 6. The number of benzene rings is 2. The van der Waals surface area contributed by atoms with Crippen molar-refractivity contribution in [2.45, 2.75) is 12.5 Å². The van der Waals surface area contributed by atoms with Crippen molar-refractivity contribution >= 4 is 23.3 Å². The summed E-state index contributed by atoms with van der Waals surface area (Å²) in [6, 6.07) is 13.6. The van der Waals surface area contributed by atoms with Crippen molar-refractivity contribution < 1.29 is 23.7 Å². The number of thiophene rings is 1. The number of carbonyl (C=O) groups excluding carboxylic acids is 1. The molecule has 5 rings (SSSR count). The Labute approximate surface area is 190 Å². The fourth-order valence-electron chi connectivity index (χ4n) is 4.22. The molecule has 0 aliphatic carbocycles. The van der Waals surface area contributed by atoms with Crippen molar-refractivity contribution in [3.05, 3.63) is 75.5 Å². The first kappa shape index (κ1) is 20.5. The molecule has 0 N–H and O–H groups in total. The van der Waals surface area contributed by atoms with Gasteiger partial charge in [0.05, 0.1) is 20.3 Å². The summed E-state index contributed by atoms with van der Waals surface area (Å²) >= 11 is 1.65. The first-order valence-corrected chi connectivity index (χ1v) is 11.2. The molecule has 0 saturated carbocycles. The fraction of sp³-hybridized carbons (Fsp3) is 0.240. The van der Waals surface area contributed by atoms with E-state index in [4.69, 9.17) is 18.9 Å². The van der Waals surface area contributed by atoms with E-state index in [1.807, 2.05) is 52.8 Å². The number of carbonyl (C=O) groups is 1. The highest BCUT2D eigenvalue weighted by atomic mass is 32.1. The van der Waals surface area contributed by atoms with E-state index in [1.165, 1.54) is 5.56 Å². The zero-order chi connectivity index (χ0) is 22.1. The summed E-state index contributed by atoms with van der Waals surface area (Å²) in [7, 11) is 3.27. The molecule has 1 amide bonds. The predicted octanol–water partition coefficient (Wildman–Crippen LogP) is 4.68. The molecular weight excluding hydrogens is 426 g/mol. The first-order valence-electron chi connectivity index (χ1n) is 10.3. The maximum atomic E-state index is 13.3. The van der Waals surface area contributed by atoms with Crippen LogP contribution >= 0.6 is 11.3 Å². The molecule has 2 aromatic carbocycles. The molecule has 3 heterocycles. The van der Waals surface area contributed by atoms with Gasteiger partial charge in [0.2, 0.25) is 12.7 Å². The summed E-state index contributed by atoms with van der Waals surface area (Å²) in [6.07, 6.45) is 4.20. The zero-order valence-corrected chi connectivity index (χ0v) is 18.7. The number of hydrogen-bond donors (Lipinski definition) is 0. The Balaban J connectivity index is 1.47. The molecule has 0 fully saturated rings. The minimum atomic E-state index is -0.174. The van der Waals surface area contributed by atoms with Crippen LogP contribution in [0.2, 0.25) is 0 Å². The Kier molecular flexibility index (Phi) is 5.49. The molecule has 1 atom stereocenters. The van der Waals surface area contributed by atoms with E-state index in [-0.39, 0.29) is 18.7 Å². The van der Waals surface area contributed by atoms with Crippen molar-refractivity contribution in [3.8, 4) is 23.0 Å². The van der Waals surface area contributed by atoms with Gasteiger partial charge >= 0.3 is 0 Å². The molecule has 3 aromatic rings. The number of nitrogens with zero attached hydrogens (tertiary/aromatic N) is 1. The van der Waals surface area contributed by atoms with E-state index in [0.717, 1.165) is 28.2 Å². The van der Waals surface area contributed by atoms with Gasteiger partial charge in [0, 0.05) is 17.5 Å². The number of fused-ring (bicyclic) bond motifs is 2. The lowest BCUT2D eigenvalue weighted by Gasteiger charge is -2.37. The molecule has 2 aliphatic rings. The van der Waals surface area contributed by atoms with E-state index in [1.54, 1.807) is 31.6 Å². The highest BCUT2D eigenvalue weighted by Crippen LogP contribution is 2.42. The molecule has 6 nitrogen and oxygen atoms in total. The maximum Gasteiger partial charge on any atom is 0.247 e. The third-order valence-electron chi connectivity index (χ3n) is 5.78. The van der Waals surface area contributed by atoms with Crippen LogP contribution in [0.15, 0.2) is 53.9 Å². The molecule has 164 valence electrons. The summed E-state index contributed by atoms with van der Waals surface area (Å²) in [6.45, 7) is 0.848. The molecule has 0 radical (unpaired) electrons. The average Bonchev–Trinajstić information content (AvgIpc) is 3.52. The van der Waals surface area contributed by atoms with Crippen molar-refractivity contribution in [1.29, 1.82) is 0 Å². The van der Waals surface area contributed by atoms with Gasteiger partial charge in [-0.25, -0.2) is 0 Å². The van der Waals surface area contributed by atoms with Crippen LogP contribution in [0.5, 0.6) is 23.0 Å². The van der Waals surface area contributed by atoms with E-state index in [2.05, 4.69) is 6.07 Å². The highest BCUT2D eigenvalue weighted by molar-refractivity contribution is 7.10. The number of ether oxygens (including phenoxy) is 4. The molecule has 2 aliphatic heterocycles. The Hall–Kier alpha value is -3.45. The molecule has 7 heteroatoms. The SMILES string of the molecule is COc1cc2c(cc1OC)C(c1cccs1)N(C(=O)/C=C/c1ccc3c(c1)OCO3)CC2. The zero-order valence-electron chi connectivity index (χ0n) is 17.9. The molecule has 1 aromatic heterocycles. The minimum absolute atomic E-state index is 0.0403. The van der Waals surface area contributed by atoms with E-state index < -0.39 is 0 Å². The minimum Gasteiger partial charge on any atom is -0.493 e. The molecule has 32 heavy (non-hydrogen) atoms. The van der Waals surface area contributed by atoms with Crippen LogP contribution in [-0.4, -0.2) is 38.4 Å². The Morgan fingerprint density at radius 2 is 1.91 bits per heavy atom. The highest BCUT2D eigenvalue weighted by Gasteiger charge is 2.33. The van der Waals surface area contributed by atoms with Crippen LogP contribution in [0.4, 0.5) is 0 Å². The smallest absolute Gasteiger partial charge is 0.247 e. The van der Waals surface area contributed by atoms with E-state index >= 15 is 0 Å². The van der Waals surface area contributed by atoms with Crippen LogP contribution < -0.4 is 18.9 Å². The van der Waals surface area contributed by atoms with Gasteiger partial charge in [-0.15, -0.1) is 11.3 Å². The Bertz CT molecular complexity index is 1170. The second-order valence-corrected chi connectivity index (χ2v) is 8.53. The topological polar surface area (TPSA) is 57.2 Å². The Morgan fingerprint density at radius 3 is 2.69 bits per heavy atom. The van der Waals surface area contributed by atoms with Gasteiger partial charge in [0.15, 0.2) is 23.0 Å². The largest absolute Gasteiger partial charge is 0.493 e. The van der Waals surface area contributed by atoms with Crippen molar-refractivity contribution in [2.24, 2.45) is 0 Å². The lowest BCUT2D eigenvalue weighted by Crippen LogP contribution is -2.39. The summed E-state index contributed by atoms with van der Waals surface area (Å²) in [5.41, 5.74) is 3.13. The Morgan fingerprint density at radius 1 is 1.09 bits per heavy atom. The standard InChI is InChI=1S/C25H23NO5S/c1-28-20-13-17-9-10-26(25(23-4-3-11-32-23)18(17)14-21(20)29-2)24(27)8-6-16-5-7-19-22(12-16)31-15-30-19/h3-8,11-14,25H,9-10,15H2,1-2H3/b8-6+. The predicted molar refractivity (Wildman–Crippen MR) is 123 cm³/mol. The van der Waals surface area contributed by atoms with Gasteiger partial charge < -0.3 is 23.8 Å². The van der Waals surface area contributed by atoms with Crippen LogP contribution in [-0.2, 0) is 11.2 Å². The van der Waals surface area contributed by atoms with Gasteiger partial charge in [-0.1, -0.05) is 12.1 Å². The maximum absolute atomic E-state index is 13.3. The van der Waals surface area contributed by atoms with Crippen LogP contribution in [0.1, 0.15) is 27.6 Å². The van der Waals surface area contributed by atoms with Gasteiger partial charge in [-0.05, 0) is 64.9 Å². The van der Waals surface area contributed by atoms with Crippen molar-refractivity contribution in [1.82, 2.24) is 4.90 Å². The van der Waals surface area contributed by atoms with Gasteiger partial charge in [0.1, 0.15) is 0 Å². The van der Waals surface area contributed by atoms with Gasteiger partial charge in [-0.3, -0.25) is 4.79 Å². The second kappa shape index (κ2) is 8.59. The molecule has 0 saturated heterocycles. The summed E-state index contributed by atoms with van der Waals surface area (Å²) < 4.78 is 21.8. The molecule has 1 unspecified atom stereocenters. The first-order chi connectivity index (χ1) is 15.7. The molecule has 0 spiro atoms. The summed E-state index contributed by atoms with van der Waals surface area (Å²) in [4.78, 5) is 16.4. The lowest BCUT2D eigenvalue weighted by atomic mass is 9.90. The molecule has 0 bridgehead atoms. The fourth-order valence-corrected chi connectivity index (χ4v) is 5.07. The third kappa shape index (κ3) is 3.69. The number of amides is 1. The normalized spacial score (nSPS) is 16.8. The second-order valence-electron chi connectivity index (χ2n) is 7.55. The summed E-state index contributed by atoms with van der Waals surface area (Å²) in [5.74, 6) is 2.76. The van der Waals surface area contributed by atoms with Crippen LogP contribution in [0, 0.1) is 0 Å². The summed E-state index contributed by atoms with van der Waals surface area (Å²) in [5, 5.41) is 2.04. The van der Waals surface area contributed by atoms with E-state index in [0.29, 0.717) is 23.8 Å². The van der Waals surface area contributed by atoms with E-state index in [9.17, 15) is 4.79 Å². The average molecular weight is 450 g/mol. The quantitative estimate of drug-likeness (QED) is 0.530. The van der Waals surface area contributed by atoms with Crippen molar-refractivity contribution in [3.63, 3.8) is 0 Å². The number of rotatable bonds is 5. The van der Waals surface area contributed by atoms with Crippen molar-refractivity contribution in [2.75, 3.05) is 27.6 Å². The van der Waals surface area contributed by atoms with Crippen LogP contribution in [0.3, 0.4) is 0 Å². The monoisotopic (exact) mass is 449 g/mol. The third-order valence-corrected chi connectivity index (χ3v) is 6.71. The molecular formula is C25H23NO5S. The number of methoxy groups -OCH3 is 2. The van der Waals surface area contributed by atoms with Gasteiger partial charge in [0.25, 0.3) is 0 Å². The van der Waals surface area contributed by atoms with Crippen LogP contribution in [0.25, 0.3) is 6.08 Å². The van der Waals surface area contributed by atoms with Gasteiger partial charge in [-0.2, -0.15) is 0 Å². The lowest BCUT2D eigenvalue weighted by molar-refractivity contribution is -0.127.